The van der Waals surface area contributed by atoms with Gasteiger partial charge in [-0.25, -0.2) is 0 Å². The monoisotopic (exact) mass is 248 g/mol. The van der Waals surface area contributed by atoms with Gasteiger partial charge >= 0.3 is 0 Å². The summed E-state index contributed by atoms with van der Waals surface area (Å²) in [5.41, 5.74) is -0.329. The third kappa shape index (κ3) is 5.82. The molecule has 4 N–H and O–H groups in total. The zero-order chi connectivity index (χ0) is 13.5. The molecule has 17 heavy (non-hydrogen) atoms. The largest absolute Gasteiger partial charge is 0.396 e. The first kappa shape index (κ1) is 16.8. The van der Waals surface area contributed by atoms with Crippen molar-refractivity contribution < 1.29 is 20.4 Å². The molecular weight excluding hydrogens is 220 g/mol. The van der Waals surface area contributed by atoms with E-state index >= 15 is 0 Å². The summed E-state index contributed by atoms with van der Waals surface area (Å²) in [6.45, 7) is 6.03. The van der Waals surface area contributed by atoms with Crippen LogP contribution in [0.25, 0.3) is 0 Å². The van der Waals surface area contributed by atoms with E-state index in [9.17, 15) is 15.3 Å². The van der Waals surface area contributed by atoms with Crippen LogP contribution in [0.2, 0.25) is 0 Å². The number of rotatable bonds is 9. The molecule has 0 saturated carbocycles. The summed E-state index contributed by atoms with van der Waals surface area (Å²) < 4.78 is 0. The van der Waals surface area contributed by atoms with E-state index in [1.54, 1.807) is 0 Å². The quantitative estimate of drug-likeness (QED) is 0.489. The van der Waals surface area contributed by atoms with Gasteiger partial charge in [-0.15, -0.1) is 0 Å². The van der Waals surface area contributed by atoms with Gasteiger partial charge in [0.25, 0.3) is 0 Å². The summed E-state index contributed by atoms with van der Waals surface area (Å²) in [6.07, 6.45) is 0.346. The third-order valence-corrected chi connectivity index (χ3v) is 3.44. The molecular formula is C13H28O4. The van der Waals surface area contributed by atoms with Crippen LogP contribution in [0.15, 0.2) is 0 Å². The second kappa shape index (κ2) is 8.03. The smallest absolute Gasteiger partial charge is 0.0821 e. The van der Waals surface area contributed by atoms with Gasteiger partial charge in [0.15, 0.2) is 0 Å². The van der Waals surface area contributed by atoms with E-state index in [4.69, 9.17) is 5.11 Å². The van der Waals surface area contributed by atoms with E-state index in [-0.39, 0.29) is 25.0 Å². The molecule has 0 aromatic heterocycles. The average Bonchev–Trinajstić information content (AvgIpc) is 2.27. The Labute approximate surface area is 104 Å². The lowest BCUT2D eigenvalue weighted by Gasteiger charge is -2.35. The predicted octanol–water partition coefficient (Wildman–Crippen LogP) is 0.915. The lowest BCUT2D eigenvalue weighted by Crippen LogP contribution is -2.37. The Morgan fingerprint density at radius 3 is 1.94 bits per heavy atom. The van der Waals surface area contributed by atoms with Crippen molar-refractivity contribution in [2.45, 2.75) is 58.7 Å². The molecule has 4 heteroatoms. The molecule has 3 unspecified atom stereocenters. The van der Waals surface area contributed by atoms with Crippen LogP contribution in [0, 0.1) is 11.3 Å². The van der Waals surface area contributed by atoms with E-state index < -0.39 is 12.2 Å². The van der Waals surface area contributed by atoms with Crippen LogP contribution in [0.3, 0.4) is 0 Å². The first-order valence-electron chi connectivity index (χ1n) is 6.48. The first-order valence-corrected chi connectivity index (χ1v) is 6.48. The maximum atomic E-state index is 9.89. The molecule has 0 fully saturated rings. The Kier molecular flexibility index (Phi) is 7.96. The second-order valence-corrected chi connectivity index (χ2v) is 5.46. The SMILES string of the molecule is CCC(CO)(CC(C)C)CC(O)C(O)CCO. The molecule has 0 aliphatic heterocycles. The number of hydrogen-bond donors (Lipinski definition) is 4. The summed E-state index contributed by atoms with van der Waals surface area (Å²) >= 11 is 0. The van der Waals surface area contributed by atoms with Crippen molar-refractivity contribution in [3.05, 3.63) is 0 Å². The Balaban J connectivity index is 4.51. The minimum Gasteiger partial charge on any atom is -0.396 e. The Morgan fingerprint density at radius 2 is 1.59 bits per heavy atom. The van der Waals surface area contributed by atoms with Gasteiger partial charge in [0, 0.05) is 13.2 Å². The van der Waals surface area contributed by atoms with Crippen molar-refractivity contribution in [1.82, 2.24) is 0 Å². The minimum absolute atomic E-state index is 0.0184. The van der Waals surface area contributed by atoms with E-state index in [1.165, 1.54) is 0 Å². The second-order valence-electron chi connectivity index (χ2n) is 5.46. The zero-order valence-electron chi connectivity index (χ0n) is 11.3. The highest BCUT2D eigenvalue weighted by Crippen LogP contribution is 2.35. The van der Waals surface area contributed by atoms with Gasteiger partial charge in [-0.3, -0.25) is 0 Å². The molecule has 0 rings (SSSR count). The molecule has 0 radical (unpaired) electrons. The lowest BCUT2D eigenvalue weighted by atomic mass is 9.73. The fourth-order valence-corrected chi connectivity index (χ4v) is 2.38. The number of aliphatic hydroxyl groups is 4. The Morgan fingerprint density at radius 1 is 1.00 bits per heavy atom. The summed E-state index contributed by atoms with van der Waals surface area (Å²) in [5, 5.41) is 37.8. The minimum atomic E-state index is -0.912. The van der Waals surface area contributed by atoms with Crippen LogP contribution in [0.5, 0.6) is 0 Å². The van der Waals surface area contributed by atoms with Gasteiger partial charge in [-0.05, 0) is 37.0 Å². The normalized spacial score (nSPS) is 19.1. The third-order valence-electron chi connectivity index (χ3n) is 3.44. The van der Waals surface area contributed by atoms with Crippen LogP contribution in [0.4, 0.5) is 0 Å². The average molecular weight is 248 g/mol. The molecule has 0 aliphatic rings. The van der Waals surface area contributed by atoms with Gasteiger partial charge in [0.05, 0.1) is 12.2 Å². The van der Waals surface area contributed by atoms with Crippen molar-refractivity contribution in [2.75, 3.05) is 13.2 Å². The predicted molar refractivity (Wildman–Crippen MR) is 67.6 cm³/mol. The molecule has 4 nitrogen and oxygen atoms in total. The van der Waals surface area contributed by atoms with Crippen molar-refractivity contribution in [3.63, 3.8) is 0 Å². The summed E-state index contributed by atoms with van der Waals surface area (Å²) in [4.78, 5) is 0. The van der Waals surface area contributed by atoms with Crippen LogP contribution >= 0.6 is 0 Å². The first-order chi connectivity index (χ1) is 7.90. The van der Waals surface area contributed by atoms with Gasteiger partial charge in [0.2, 0.25) is 0 Å². The molecule has 0 aromatic rings. The van der Waals surface area contributed by atoms with Crippen LogP contribution < -0.4 is 0 Å². The lowest BCUT2D eigenvalue weighted by molar-refractivity contribution is -0.0403. The fraction of sp³-hybridized carbons (Fsp3) is 1.00. The van der Waals surface area contributed by atoms with Gasteiger partial charge in [-0.1, -0.05) is 20.8 Å². The molecule has 0 saturated heterocycles. The van der Waals surface area contributed by atoms with Crippen molar-refractivity contribution in [1.29, 1.82) is 0 Å². The van der Waals surface area contributed by atoms with Crippen LogP contribution in [-0.2, 0) is 0 Å². The number of aliphatic hydroxyl groups excluding tert-OH is 4. The molecule has 0 aromatic carbocycles. The highest BCUT2D eigenvalue weighted by atomic mass is 16.3. The molecule has 0 aliphatic carbocycles. The van der Waals surface area contributed by atoms with Crippen molar-refractivity contribution >= 4 is 0 Å². The topological polar surface area (TPSA) is 80.9 Å². The molecule has 0 amide bonds. The van der Waals surface area contributed by atoms with E-state index in [1.807, 2.05) is 6.92 Å². The van der Waals surface area contributed by atoms with Gasteiger partial charge in [-0.2, -0.15) is 0 Å². The standard InChI is InChI=1S/C13H28O4/c1-4-13(9-15,7-10(2)3)8-12(17)11(16)5-6-14/h10-12,14-17H,4-9H2,1-3H3. The van der Waals surface area contributed by atoms with Crippen molar-refractivity contribution in [2.24, 2.45) is 11.3 Å². The zero-order valence-corrected chi connectivity index (χ0v) is 11.3. The summed E-state index contributed by atoms with van der Waals surface area (Å²) in [6, 6.07) is 0. The van der Waals surface area contributed by atoms with Gasteiger partial charge in [0.1, 0.15) is 0 Å². The maximum Gasteiger partial charge on any atom is 0.0821 e. The van der Waals surface area contributed by atoms with E-state index in [0.717, 1.165) is 12.8 Å². The maximum absolute atomic E-state index is 9.89. The van der Waals surface area contributed by atoms with Crippen LogP contribution in [-0.4, -0.2) is 45.8 Å². The molecule has 0 spiro atoms. The highest BCUT2D eigenvalue weighted by Gasteiger charge is 2.33. The summed E-state index contributed by atoms with van der Waals surface area (Å²) in [7, 11) is 0. The van der Waals surface area contributed by atoms with E-state index in [0.29, 0.717) is 12.3 Å². The highest BCUT2D eigenvalue weighted by molar-refractivity contribution is 4.84. The van der Waals surface area contributed by atoms with Crippen LogP contribution in [0.1, 0.15) is 46.5 Å². The molecule has 0 heterocycles. The van der Waals surface area contributed by atoms with Crippen molar-refractivity contribution in [3.8, 4) is 0 Å². The van der Waals surface area contributed by atoms with E-state index in [2.05, 4.69) is 13.8 Å². The molecule has 0 bridgehead atoms. The molecule has 104 valence electrons. The Hall–Kier alpha value is -0.160. The Bertz CT molecular complexity index is 190. The molecule has 3 atom stereocenters. The number of hydrogen-bond acceptors (Lipinski definition) is 4. The van der Waals surface area contributed by atoms with Gasteiger partial charge < -0.3 is 20.4 Å². The summed E-state index contributed by atoms with van der Waals surface area (Å²) in [5.74, 6) is 0.435. The fourth-order valence-electron chi connectivity index (χ4n) is 2.38.